The van der Waals surface area contributed by atoms with Crippen LogP contribution in [0.15, 0.2) is 16.6 Å². The van der Waals surface area contributed by atoms with Gasteiger partial charge in [0.05, 0.1) is 12.2 Å². The van der Waals surface area contributed by atoms with Crippen molar-refractivity contribution >= 4 is 37.5 Å². The van der Waals surface area contributed by atoms with E-state index >= 15 is 0 Å². The molecule has 0 aliphatic carbocycles. The van der Waals surface area contributed by atoms with Gasteiger partial charge in [-0.15, -0.1) is 0 Å². The molecule has 1 aromatic carbocycles. The Kier molecular flexibility index (Phi) is 3.94. The van der Waals surface area contributed by atoms with E-state index in [2.05, 4.69) is 15.9 Å². The Morgan fingerprint density at radius 2 is 2.26 bits per heavy atom. The minimum absolute atomic E-state index is 0.148. The number of ether oxygens (including phenoxy) is 1. The lowest BCUT2D eigenvalue weighted by atomic mass is 9.73. The van der Waals surface area contributed by atoms with Crippen molar-refractivity contribution in [1.82, 2.24) is 5.32 Å². The molecule has 2 rings (SSSR count). The van der Waals surface area contributed by atoms with Gasteiger partial charge >= 0.3 is 0 Å². The average Bonchev–Trinajstić information content (AvgIpc) is 2.68. The van der Waals surface area contributed by atoms with Gasteiger partial charge < -0.3 is 20.3 Å². The van der Waals surface area contributed by atoms with Gasteiger partial charge in [-0.1, -0.05) is 15.9 Å². The molecule has 1 unspecified atom stereocenters. The molecule has 3 N–H and O–H groups in total. The summed E-state index contributed by atoms with van der Waals surface area (Å²) in [6.45, 7) is -0.148. The predicted octanol–water partition coefficient (Wildman–Crippen LogP) is -0.585. The van der Waals surface area contributed by atoms with E-state index in [0.717, 1.165) is 5.56 Å². The number of amides is 1. The zero-order chi connectivity index (χ0) is 14.2. The number of fused-ring (bicyclic) bond motifs is 1. The van der Waals surface area contributed by atoms with E-state index in [1.54, 1.807) is 6.07 Å². The number of benzene rings is 1. The summed E-state index contributed by atoms with van der Waals surface area (Å²) in [6.07, 6.45) is 0.117. The Labute approximate surface area is 121 Å². The molecule has 0 aromatic heterocycles. The summed E-state index contributed by atoms with van der Waals surface area (Å²) in [7, 11) is 10.2. The number of aliphatic hydroxyl groups excluding tert-OH is 1. The summed E-state index contributed by atoms with van der Waals surface area (Å²) in [6, 6.07) is 3.33. The molecule has 0 bridgehead atoms. The Balaban J connectivity index is 2.35. The van der Waals surface area contributed by atoms with Gasteiger partial charge in [0, 0.05) is 16.4 Å². The van der Waals surface area contributed by atoms with E-state index in [-0.39, 0.29) is 18.3 Å². The van der Waals surface area contributed by atoms with Crippen molar-refractivity contribution in [2.45, 2.75) is 18.0 Å². The second-order valence-corrected chi connectivity index (χ2v) is 5.26. The number of nitrogens with one attached hydrogen (secondary N) is 1. The lowest BCUT2D eigenvalue weighted by Gasteiger charge is -2.21. The van der Waals surface area contributed by atoms with Crippen LogP contribution in [-0.4, -0.2) is 50.0 Å². The van der Waals surface area contributed by atoms with Crippen LogP contribution in [0.5, 0.6) is 5.75 Å². The van der Waals surface area contributed by atoms with Gasteiger partial charge in [-0.2, -0.15) is 0 Å². The summed E-state index contributed by atoms with van der Waals surface area (Å²) < 4.78 is 6.16. The molecule has 1 heterocycles. The number of halogens is 1. The highest BCUT2D eigenvalue weighted by Gasteiger charge is 2.29. The molecule has 19 heavy (non-hydrogen) atoms. The molecule has 0 spiro atoms. The Bertz CT molecular complexity index is 518. The minimum atomic E-state index is -2.30. The fraction of sp³-hybridized carbons (Fsp3) is 0.364. The first-order valence-electron chi connectivity index (χ1n) is 5.52. The van der Waals surface area contributed by atoms with Crippen LogP contribution in [0, 0.1) is 0 Å². The molecule has 0 saturated carbocycles. The third-order valence-electron chi connectivity index (χ3n) is 2.62. The number of hydrogen-bond donors (Lipinski definition) is 3. The van der Waals surface area contributed by atoms with E-state index in [4.69, 9.17) is 25.5 Å². The number of rotatable bonds is 3. The molecule has 1 aromatic rings. The molecule has 5 nitrogen and oxygen atoms in total. The van der Waals surface area contributed by atoms with E-state index in [1.807, 2.05) is 5.32 Å². The molecule has 4 radical (unpaired) electrons. The maximum Gasteiger partial charge on any atom is 0.256 e. The molecular formula is C11H10B2BrNO4. The molecule has 8 heteroatoms. The third kappa shape index (κ3) is 3.32. The quantitative estimate of drug-likeness (QED) is 0.514. The second-order valence-electron chi connectivity index (χ2n) is 4.35. The Morgan fingerprint density at radius 1 is 1.58 bits per heavy atom. The van der Waals surface area contributed by atoms with E-state index in [0.29, 0.717) is 16.6 Å². The molecule has 1 aliphatic heterocycles. The third-order valence-corrected chi connectivity index (χ3v) is 3.08. The first-order chi connectivity index (χ1) is 8.80. The minimum Gasteiger partial charge on any atom is -0.487 e. The van der Waals surface area contributed by atoms with Gasteiger partial charge in [0.1, 0.15) is 27.5 Å². The molecular weight excluding hydrogens is 312 g/mol. The molecule has 0 fully saturated rings. The smallest absolute Gasteiger partial charge is 0.256 e. The summed E-state index contributed by atoms with van der Waals surface area (Å²) in [5.74, 6) is -0.298. The Hall–Kier alpha value is -0.980. The highest BCUT2D eigenvalue weighted by Crippen LogP contribution is 2.35. The van der Waals surface area contributed by atoms with Crippen LogP contribution < -0.4 is 10.1 Å². The van der Waals surface area contributed by atoms with E-state index < -0.39 is 11.4 Å². The fourth-order valence-electron chi connectivity index (χ4n) is 1.91. The van der Waals surface area contributed by atoms with Crippen molar-refractivity contribution in [3.05, 3.63) is 27.7 Å². The second kappa shape index (κ2) is 5.19. The fourth-order valence-corrected chi connectivity index (χ4v) is 2.42. The van der Waals surface area contributed by atoms with Crippen LogP contribution in [-0.2, 0) is 6.42 Å². The van der Waals surface area contributed by atoms with Crippen molar-refractivity contribution in [2.75, 3.05) is 6.61 Å². The van der Waals surface area contributed by atoms with Gasteiger partial charge in [0.2, 0.25) is 0 Å². The van der Waals surface area contributed by atoms with Crippen molar-refractivity contribution < 1.29 is 19.7 Å². The van der Waals surface area contributed by atoms with Crippen molar-refractivity contribution in [3.63, 3.8) is 0 Å². The molecule has 1 aliphatic rings. The normalized spacial score (nSPS) is 17.7. The largest absolute Gasteiger partial charge is 0.487 e. The van der Waals surface area contributed by atoms with Gasteiger partial charge in [-0.05, 0) is 17.7 Å². The lowest BCUT2D eigenvalue weighted by molar-refractivity contribution is 0.0831. The topological polar surface area (TPSA) is 78.8 Å². The zero-order valence-electron chi connectivity index (χ0n) is 9.89. The molecule has 96 valence electrons. The van der Waals surface area contributed by atoms with Gasteiger partial charge in [0.25, 0.3) is 5.91 Å². The molecule has 1 amide bonds. The summed E-state index contributed by atoms with van der Waals surface area (Å²) in [5, 5.41) is 20.3. The van der Waals surface area contributed by atoms with Crippen molar-refractivity contribution in [2.24, 2.45) is 0 Å². The van der Waals surface area contributed by atoms with Crippen LogP contribution in [0.3, 0.4) is 0 Å². The van der Waals surface area contributed by atoms with Gasteiger partial charge in [-0.3, -0.25) is 4.79 Å². The first kappa shape index (κ1) is 14.4. The first-order valence-corrected chi connectivity index (χ1v) is 6.32. The summed E-state index contributed by atoms with van der Waals surface area (Å²) >= 11 is 3.28. The average molecular weight is 322 g/mol. The summed E-state index contributed by atoms with van der Waals surface area (Å²) in [5.41, 5.74) is -1.33. The van der Waals surface area contributed by atoms with Crippen LogP contribution >= 0.6 is 15.9 Å². The SMILES string of the molecule is [B]C([B])(O)NC(=O)c1cc(Br)cc2c1OC(CO)C2. The highest BCUT2D eigenvalue weighted by atomic mass is 79.9. The van der Waals surface area contributed by atoms with Crippen molar-refractivity contribution in [1.29, 1.82) is 0 Å². The molecule has 1 atom stereocenters. The maximum absolute atomic E-state index is 12.0. The zero-order valence-corrected chi connectivity index (χ0v) is 11.5. The van der Waals surface area contributed by atoms with Crippen LogP contribution in [0.2, 0.25) is 0 Å². The monoisotopic (exact) mass is 321 g/mol. The number of hydrogen-bond acceptors (Lipinski definition) is 4. The van der Waals surface area contributed by atoms with Crippen LogP contribution in [0.4, 0.5) is 0 Å². The van der Waals surface area contributed by atoms with Crippen LogP contribution in [0.25, 0.3) is 0 Å². The van der Waals surface area contributed by atoms with E-state index in [9.17, 15) is 9.90 Å². The number of aliphatic hydroxyl groups is 2. The number of carbonyl (C=O) groups is 1. The van der Waals surface area contributed by atoms with E-state index in [1.165, 1.54) is 6.07 Å². The standard InChI is InChI=1S/C11H10B2BrNO4/c12-11(13,18)15-10(17)8-3-6(14)1-5-2-7(4-16)19-9(5)8/h1,3,7,16,18H,2,4H2,(H,15,17). The predicted molar refractivity (Wildman–Crippen MR) is 73.3 cm³/mol. The molecule has 0 saturated heterocycles. The lowest BCUT2D eigenvalue weighted by Crippen LogP contribution is -2.49. The maximum atomic E-state index is 12.0. The van der Waals surface area contributed by atoms with Gasteiger partial charge in [0.15, 0.2) is 0 Å². The number of carbonyl (C=O) groups excluding carboxylic acids is 1. The summed E-state index contributed by atoms with van der Waals surface area (Å²) in [4.78, 5) is 12.0. The van der Waals surface area contributed by atoms with Crippen LogP contribution in [0.1, 0.15) is 15.9 Å². The van der Waals surface area contributed by atoms with Gasteiger partial charge in [-0.25, -0.2) is 0 Å². The Morgan fingerprint density at radius 3 is 2.84 bits per heavy atom. The highest BCUT2D eigenvalue weighted by molar-refractivity contribution is 9.10. The van der Waals surface area contributed by atoms with Crippen molar-refractivity contribution in [3.8, 4) is 5.75 Å².